The van der Waals surface area contributed by atoms with Gasteiger partial charge in [-0.3, -0.25) is 0 Å². The zero-order valence-electron chi connectivity index (χ0n) is 20.1. The van der Waals surface area contributed by atoms with Crippen molar-refractivity contribution in [3.63, 3.8) is 0 Å². The van der Waals surface area contributed by atoms with Crippen LogP contribution in [-0.2, 0) is 6.54 Å². The van der Waals surface area contributed by atoms with Crippen LogP contribution in [0.15, 0.2) is 58.9 Å². The molecule has 0 amide bonds. The number of nitrogens with one attached hydrogen (secondary N) is 2. The van der Waals surface area contributed by atoms with Crippen molar-refractivity contribution >= 4 is 51.5 Å². The first-order valence-electron chi connectivity index (χ1n) is 11.3. The van der Waals surface area contributed by atoms with Gasteiger partial charge in [0.05, 0.1) is 24.0 Å². The Morgan fingerprint density at radius 2 is 1.92 bits per heavy atom. The van der Waals surface area contributed by atoms with E-state index < -0.39 is 0 Å². The van der Waals surface area contributed by atoms with Gasteiger partial charge in [-0.2, -0.15) is 13.7 Å². The molecule has 0 spiro atoms. The van der Waals surface area contributed by atoms with Gasteiger partial charge in [0.1, 0.15) is 5.75 Å². The maximum atomic E-state index is 5.92. The van der Waals surface area contributed by atoms with Gasteiger partial charge in [0.2, 0.25) is 5.13 Å². The number of thiazole rings is 1. The van der Waals surface area contributed by atoms with E-state index in [0.717, 1.165) is 47.4 Å². The highest BCUT2D eigenvalue weighted by molar-refractivity contribution is 7.13. The summed E-state index contributed by atoms with van der Waals surface area (Å²) in [6, 6.07) is 16.1. The van der Waals surface area contributed by atoms with E-state index in [0.29, 0.717) is 29.9 Å². The third-order valence-electron chi connectivity index (χ3n) is 4.91. The van der Waals surface area contributed by atoms with E-state index in [1.807, 2.05) is 41.8 Å². The number of aliphatic imine (C=N–C) groups is 1. The molecule has 2 heterocycles. The minimum atomic E-state index is -0.0110. The Kier molecular flexibility index (Phi) is 8.66. The number of hydrogen-bond donors (Lipinski definition) is 4. The van der Waals surface area contributed by atoms with Crippen molar-refractivity contribution in [2.45, 2.75) is 13.0 Å². The van der Waals surface area contributed by atoms with Crippen LogP contribution in [0.2, 0.25) is 0 Å². The summed E-state index contributed by atoms with van der Waals surface area (Å²) < 4.78 is 14.7. The first kappa shape index (κ1) is 25.4. The Morgan fingerprint density at radius 3 is 2.75 bits per heavy atom. The summed E-state index contributed by atoms with van der Waals surface area (Å²) >= 11 is 2.53. The molecule has 0 aliphatic carbocycles. The summed E-state index contributed by atoms with van der Waals surface area (Å²) in [4.78, 5) is 10.6. The Bertz CT molecular complexity index is 1300. The zero-order valence-corrected chi connectivity index (χ0v) is 21.8. The first-order valence-corrected chi connectivity index (χ1v) is 12.9. The molecule has 0 aliphatic heterocycles. The summed E-state index contributed by atoms with van der Waals surface area (Å²) in [7, 11) is 4.11. The van der Waals surface area contributed by atoms with Crippen molar-refractivity contribution in [3.8, 4) is 17.0 Å². The first-order chi connectivity index (χ1) is 17.5. The molecule has 0 aliphatic rings. The molecule has 0 fully saturated rings. The maximum absolute atomic E-state index is 5.92. The molecule has 0 radical (unpaired) electrons. The molecule has 0 saturated heterocycles. The lowest BCUT2D eigenvalue weighted by molar-refractivity contribution is 0.314. The van der Waals surface area contributed by atoms with E-state index in [2.05, 4.69) is 60.5 Å². The Balaban J connectivity index is 1.29. The average Bonchev–Trinajstić information content (AvgIpc) is 3.48. The lowest BCUT2D eigenvalue weighted by Crippen LogP contribution is -2.21. The van der Waals surface area contributed by atoms with Crippen LogP contribution >= 0.6 is 23.1 Å². The van der Waals surface area contributed by atoms with Gasteiger partial charge in [0.15, 0.2) is 17.6 Å². The van der Waals surface area contributed by atoms with Crippen LogP contribution in [0.4, 0.5) is 22.5 Å². The van der Waals surface area contributed by atoms with Crippen molar-refractivity contribution in [2.75, 3.05) is 37.9 Å². The molecule has 0 unspecified atom stereocenters. The minimum Gasteiger partial charge on any atom is -0.494 e. The van der Waals surface area contributed by atoms with E-state index in [-0.39, 0.29) is 5.96 Å². The molecule has 0 bridgehead atoms. The fourth-order valence-electron chi connectivity index (χ4n) is 3.41. The highest BCUT2D eigenvalue weighted by atomic mass is 32.1. The van der Waals surface area contributed by atoms with Gasteiger partial charge in [-0.1, -0.05) is 24.3 Å². The normalized spacial score (nSPS) is 10.9. The molecule has 6 N–H and O–H groups in total. The Morgan fingerprint density at radius 1 is 1.08 bits per heavy atom. The number of rotatable bonds is 12. The highest BCUT2D eigenvalue weighted by Gasteiger charge is 2.10. The number of aromatic nitrogens is 3. The van der Waals surface area contributed by atoms with Crippen molar-refractivity contribution in [1.29, 1.82) is 0 Å². The summed E-state index contributed by atoms with van der Waals surface area (Å²) in [6.45, 7) is 2.21. The molecule has 4 rings (SSSR count). The van der Waals surface area contributed by atoms with Gasteiger partial charge in [0, 0.05) is 29.7 Å². The van der Waals surface area contributed by atoms with Gasteiger partial charge in [-0.05, 0) is 50.3 Å². The number of nitrogens with two attached hydrogens (primary N) is 2. The summed E-state index contributed by atoms with van der Waals surface area (Å²) in [5, 5.41) is 9.11. The van der Waals surface area contributed by atoms with E-state index in [1.54, 1.807) is 0 Å². The van der Waals surface area contributed by atoms with Crippen LogP contribution in [0.3, 0.4) is 0 Å². The molecular weight excluding hydrogens is 494 g/mol. The van der Waals surface area contributed by atoms with Crippen molar-refractivity contribution in [1.82, 2.24) is 18.6 Å². The second-order valence-corrected chi connectivity index (χ2v) is 9.60. The fraction of sp³-hybridized carbons (Fsp3) is 0.250. The Labute approximate surface area is 218 Å². The third kappa shape index (κ3) is 7.38. The van der Waals surface area contributed by atoms with Gasteiger partial charge >= 0.3 is 0 Å². The standard InChI is InChI=1S/C24H29N9OS2/c1-33(2)14-16-6-3-9-19(12-16)34-11-5-10-27-21-22(32-36-31-21)28-18-8-4-7-17(13-18)20-15-35-24(29-20)30-23(25)26/h3-4,6-9,12-13,15H,5,10-11,14H2,1-2H3,(H,27,31)(H,28,32)(H4,25,26,29,30). The summed E-state index contributed by atoms with van der Waals surface area (Å²) in [5.41, 5.74) is 14.7. The SMILES string of the molecule is CN(C)Cc1cccc(OCCCNc2nsnc2Nc2cccc(-c3csc(N=C(N)N)n3)c2)c1. The molecule has 188 valence electrons. The van der Waals surface area contributed by atoms with E-state index in [4.69, 9.17) is 16.2 Å². The molecule has 4 aromatic rings. The van der Waals surface area contributed by atoms with Crippen LogP contribution in [0.25, 0.3) is 11.3 Å². The van der Waals surface area contributed by atoms with Crippen molar-refractivity contribution in [2.24, 2.45) is 16.5 Å². The summed E-state index contributed by atoms with van der Waals surface area (Å²) in [5.74, 6) is 2.26. The van der Waals surface area contributed by atoms with Crippen molar-refractivity contribution < 1.29 is 4.74 Å². The van der Waals surface area contributed by atoms with E-state index in [9.17, 15) is 0 Å². The van der Waals surface area contributed by atoms with E-state index in [1.165, 1.54) is 16.9 Å². The predicted octanol–water partition coefficient (Wildman–Crippen LogP) is 4.25. The molecule has 10 nitrogen and oxygen atoms in total. The van der Waals surface area contributed by atoms with Gasteiger partial charge in [-0.15, -0.1) is 11.3 Å². The molecule has 0 atom stereocenters. The number of benzene rings is 2. The monoisotopic (exact) mass is 523 g/mol. The van der Waals surface area contributed by atoms with E-state index >= 15 is 0 Å². The smallest absolute Gasteiger partial charge is 0.212 e. The Hall–Kier alpha value is -3.74. The second kappa shape index (κ2) is 12.3. The van der Waals surface area contributed by atoms with Crippen LogP contribution in [-0.4, -0.2) is 51.8 Å². The quantitative estimate of drug-likeness (QED) is 0.122. The average molecular weight is 524 g/mol. The lowest BCUT2D eigenvalue weighted by atomic mass is 10.1. The number of guanidine groups is 1. The number of nitrogens with zero attached hydrogens (tertiary/aromatic N) is 5. The number of anilines is 3. The highest BCUT2D eigenvalue weighted by Crippen LogP contribution is 2.30. The number of hydrogen-bond acceptors (Lipinski definition) is 10. The predicted molar refractivity (Wildman–Crippen MR) is 149 cm³/mol. The maximum Gasteiger partial charge on any atom is 0.212 e. The minimum absolute atomic E-state index is 0.0110. The second-order valence-electron chi connectivity index (χ2n) is 8.23. The molecule has 2 aromatic heterocycles. The van der Waals surface area contributed by atoms with Crippen LogP contribution in [0, 0.1) is 0 Å². The number of ether oxygens (including phenoxy) is 1. The molecule has 36 heavy (non-hydrogen) atoms. The lowest BCUT2D eigenvalue weighted by Gasteiger charge is -2.12. The third-order valence-corrected chi connectivity index (χ3v) is 6.17. The summed E-state index contributed by atoms with van der Waals surface area (Å²) in [6.07, 6.45) is 0.826. The molecule has 2 aromatic carbocycles. The van der Waals surface area contributed by atoms with Gasteiger partial charge in [-0.25, -0.2) is 4.98 Å². The topological polar surface area (TPSA) is 140 Å². The molecule has 0 saturated carbocycles. The largest absolute Gasteiger partial charge is 0.494 e. The fourth-order valence-corrected chi connectivity index (χ4v) is 4.61. The van der Waals surface area contributed by atoms with Crippen molar-refractivity contribution in [3.05, 3.63) is 59.5 Å². The van der Waals surface area contributed by atoms with Crippen LogP contribution in [0.5, 0.6) is 5.75 Å². The van der Waals surface area contributed by atoms with Gasteiger partial charge in [0.25, 0.3) is 0 Å². The zero-order chi connectivity index (χ0) is 25.3. The molecular formula is C24H29N9OS2. The van der Waals surface area contributed by atoms with Gasteiger partial charge < -0.3 is 31.7 Å². The van der Waals surface area contributed by atoms with Crippen LogP contribution in [0.1, 0.15) is 12.0 Å². The van der Waals surface area contributed by atoms with Crippen LogP contribution < -0.4 is 26.8 Å². The molecule has 12 heteroatoms.